The van der Waals surface area contributed by atoms with Crippen molar-refractivity contribution in [3.8, 4) is 0 Å². The van der Waals surface area contributed by atoms with E-state index < -0.39 is 0 Å². The largest absolute Gasteiger partial charge is 0.298 e. The Bertz CT molecular complexity index is 157. The van der Waals surface area contributed by atoms with Crippen LogP contribution in [0.15, 0.2) is 0 Å². The van der Waals surface area contributed by atoms with Crippen LogP contribution in [0.4, 0.5) is 0 Å². The molecule has 0 aliphatic carbocycles. The molecule has 0 spiro atoms. The Hall–Kier alpha value is -0.370. The maximum atomic E-state index is 11.1. The van der Waals surface area contributed by atoms with Gasteiger partial charge < -0.3 is 0 Å². The molecule has 1 aliphatic heterocycles. The minimum atomic E-state index is 0.372. The fourth-order valence-corrected chi connectivity index (χ4v) is 1.74. The van der Waals surface area contributed by atoms with Gasteiger partial charge in [0.15, 0.2) is 0 Å². The van der Waals surface area contributed by atoms with Crippen LogP contribution in [0.25, 0.3) is 0 Å². The van der Waals surface area contributed by atoms with Crippen molar-refractivity contribution in [3.63, 3.8) is 0 Å². The number of hydrogen-bond acceptors (Lipinski definition) is 2. The van der Waals surface area contributed by atoms with Crippen LogP contribution in [0.2, 0.25) is 0 Å². The summed E-state index contributed by atoms with van der Waals surface area (Å²) in [6.45, 7) is 9.35. The van der Waals surface area contributed by atoms with E-state index in [1.54, 1.807) is 0 Å². The molecule has 0 aromatic carbocycles. The van der Waals surface area contributed by atoms with Crippen LogP contribution >= 0.6 is 0 Å². The quantitative estimate of drug-likeness (QED) is 0.639. The van der Waals surface area contributed by atoms with E-state index in [-0.39, 0.29) is 0 Å². The first kappa shape index (κ1) is 9.72. The first-order valence-electron chi connectivity index (χ1n) is 4.87. The maximum Gasteiger partial charge on any atom is 0.146 e. The van der Waals surface area contributed by atoms with Crippen LogP contribution in [0.1, 0.15) is 27.2 Å². The molecule has 2 atom stereocenters. The third kappa shape index (κ3) is 2.31. The smallest absolute Gasteiger partial charge is 0.146 e. The number of carbonyl (C=O) groups is 1. The van der Waals surface area contributed by atoms with E-state index in [0.717, 1.165) is 24.9 Å². The second kappa shape index (κ2) is 4.04. The van der Waals surface area contributed by atoms with Crippen molar-refractivity contribution in [3.05, 3.63) is 0 Å². The molecule has 1 saturated heterocycles. The van der Waals surface area contributed by atoms with Crippen LogP contribution in [0.5, 0.6) is 0 Å². The molecule has 0 bridgehead atoms. The van der Waals surface area contributed by atoms with Gasteiger partial charge in [-0.15, -0.1) is 0 Å². The highest BCUT2D eigenvalue weighted by Gasteiger charge is 2.26. The Kier molecular flexibility index (Phi) is 3.27. The van der Waals surface area contributed by atoms with Crippen LogP contribution in [-0.4, -0.2) is 30.3 Å². The normalized spacial score (nSPS) is 30.9. The summed E-state index contributed by atoms with van der Waals surface area (Å²) in [5.74, 6) is 1.89. The van der Waals surface area contributed by atoms with E-state index in [4.69, 9.17) is 0 Å². The molecule has 0 N–H and O–H groups in total. The predicted octanol–water partition coefficient (Wildman–Crippen LogP) is 1.55. The summed E-state index contributed by atoms with van der Waals surface area (Å²) in [4.78, 5) is 13.4. The fourth-order valence-electron chi connectivity index (χ4n) is 1.74. The van der Waals surface area contributed by atoms with Gasteiger partial charge in [0.25, 0.3) is 0 Å². The zero-order valence-corrected chi connectivity index (χ0v) is 8.34. The molecule has 2 heteroatoms. The number of rotatable bonds is 3. The van der Waals surface area contributed by atoms with Crippen molar-refractivity contribution in [2.45, 2.75) is 27.2 Å². The lowest BCUT2D eigenvalue weighted by atomic mass is 10.0. The lowest BCUT2D eigenvalue weighted by Crippen LogP contribution is -2.27. The summed E-state index contributed by atoms with van der Waals surface area (Å²) in [6, 6.07) is 0. The van der Waals surface area contributed by atoms with Crippen molar-refractivity contribution in [2.24, 2.45) is 11.8 Å². The van der Waals surface area contributed by atoms with Gasteiger partial charge in [0.05, 0.1) is 6.54 Å². The molecule has 0 aromatic heterocycles. The molecule has 12 heavy (non-hydrogen) atoms. The van der Waals surface area contributed by atoms with Gasteiger partial charge in [-0.3, -0.25) is 9.69 Å². The lowest BCUT2D eigenvalue weighted by molar-refractivity contribution is -0.119. The maximum absolute atomic E-state index is 11.1. The predicted molar refractivity (Wildman–Crippen MR) is 50.1 cm³/mol. The first-order valence-corrected chi connectivity index (χ1v) is 4.87. The van der Waals surface area contributed by atoms with Crippen LogP contribution in [0, 0.1) is 11.8 Å². The lowest BCUT2D eigenvalue weighted by Gasteiger charge is -2.12. The molecular formula is C10H19NO. The van der Waals surface area contributed by atoms with Crippen molar-refractivity contribution in [2.75, 3.05) is 19.6 Å². The van der Waals surface area contributed by atoms with Crippen LogP contribution in [-0.2, 0) is 4.79 Å². The average molecular weight is 169 g/mol. The van der Waals surface area contributed by atoms with Gasteiger partial charge in [0.2, 0.25) is 0 Å². The number of likely N-dealkylation sites (tertiary alicyclic amines) is 1. The highest BCUT2D eigenvalue weighted by molar-refractivity contribution is 5.80. The molecule has 1 heterocycles. The first-order chi connectivity index (χ1) is 5.63. The third-order valence-corrected chi connectivity index (χ3v) is 2.86. The van der Waals surface area contributed by atoms with Crippen molar-refractivity contribution in [1.29, 1.82) is 0 Å². The van der Waals surface area contributed by atoms with E-state index in [1.807, 2.05) is 6.92 Å². The second-order valence-electron chi connectivity index (χ2n) is 4.04. The zero-order chi connectivity index (χ0) is 9.14. The van der Waals surface area contributed by atoms with Gasteiger partial charge in [0, 0.05) is 19.5 Å². The number of Topliss-reactive ketones (excluding diaryl/α,β-unsaturated/α-hetero) is 1. The van der Waals surface area contributed by atoms with Gasteiger partial charge in [-0.1, -0.05) is 20.8 Å². The number of hydrogen-bond donors (Lipinski definition) is 0. The summed E-state index contributed by atoms with van der Waals surface area (Å²) < 4.78 is 0. The summed E-state index contributed by atoms with van der Waals surface area (Å²) >= 11 is 0. The summed E-state index contributed by atoms with van der Waals surface area (Å²) in [5.41, 5.74) is 0. The minimum absolute atomic E-state index is 0.372. The van der Waals surface area contributed by atoms with Gasteiger partial charge in [-0.25, -0.2) is 0 Å². The fraction of sp³-hybridized carbons (Fsp3) is 0.900. The molecule has 2 nitrogen and oxygen atoms in total. The molecule has 1 rings (SSSR count). The number of nitrogens with zero attached hydrogens (tertiary/aromatic N) is 1. The van der Waals surface area contributed by atoms with Crippen LogP contribution in [0.3, 0.4) is 0 Å². The average Bonchev–Trinajstić information content (AvgIpc) is 2.31. The Morgan fingerprint density at radius 1 is 1.33 bits per heavy atom. The second-order valence-corrected chi connectivity index (χ2v) is 4.04. The highest BCUT2D eigenvalue weighted by Crippen LogP contribution is 2.21. The van der Waals surface area contributed by atoms with Crippen LogP contribution < -0.4 is 0 Å². The Morgan fingerprint density at radius 2 is 1.83 bits per heavy atom. The SMILES string of the molecule is CCC(=O)CN1CC(C)C(C)C1. The van der Waals surface area contributed by atoms with E-state index in [2.05, 4.69) is 18.7 Å². The van der Waals surface area contributed by atoms with Gasteiger partial charge >= 0.3 is 0 Å². The van der Waals surface area contributed by atoms with E-state index in [0.29, 0.717) is 18.7 Å². The molecule has 2 unspecified atom stereocenters. The highest BCUT2D eigenvalue weighted by atomic mass is 16.1. The summed E-state index contributed by atoms with van der Waals surface area (Å²) in [6.07, 6.45) is 0.680. The number of ketones is 1. The monoisotopic (exact) mass is 169 g/mol. The molecule has 1 fully saturated rings. The van der Waals surface area contributed by atoms with Gasteiger partial charge in [-0.2, -0.15) is 0 Å². The molecule has 0 radical (unpaired) electrons. The molecule has 0 amide bonds. The number of carbonyl (C=O) groups excluding carboxylic acids is 1. The third-order valence-electron chi connectivity index (χ3n) is 2.86. The van der Waals surface area contributed by atoms with E-state index >= 15 is 0 Å². The zero-order valence-electron chi connectivity index (χ0n) is 8.34. The molecule has 0 saturated carbocycles. The Balaban J connectivity index is 2.32. The van der Waals surface area contributed by atoms with Gasteiger partial charge in [-0.05, 0) is 11.8 Å². The van der Waals surface area contributed by atoms with Gasteiger partial charge in [0.1, 0.15) is 5.78 Å². The molecule has 70 valence electrons. The molecule has 0 aromatic rings. The van der Waals surface area contributed by atoms with Crippen molar-refractivity contribution in [1.82, 2.24) is 4.90 Å². The molecular weight excluding hydrogens is 150 g/mol. The Morgan fingerprint density at radius 3 is 2.25 bits per heavy atom. The van der Waals surface area contributed by atoms with Crippen molar-refractivity contribution >= 4 is 5.78 Å². The summed E-state index contributed by atoms with van der Waals surface area (Å²) in [7, 11) is 0. The summed E-state index contributed by atoms with van der Waals surface area (Å²) in [5, 5.41) is 0. The Labute approximate surface area is 74.9 Å². The topological polar surface area (TPSA) is 20.3 Å². The van der Waals surface area contributed by atoms with E-state index in [9.17, 15) is 4.79 Å². The van der Waals surface area contributed by atoms with Crippen molar-refractivity contribution < 1.29 is 4.79 Å². The standard InChI is InChI=1S/C10H19NO/c1-4-10(12)7-11-5-8(2)9(3)6-11/h8-9H,4-7H2,1-3H3. The molecule has 1 aliphatic rings. The van der Waals surface area contributed by atoms with E-state index in [1.165, 1.54) is 0 Å². The minimum Gasteiger partial charge on any atom is -0.298 e.